The lowest BCUT2D eigenvalue weighted by atomic mass is 10.0. The van der Waals surface area contributed by atoms with Crippen molar-refractivity contribution in [2.24, 2.45) is 0 Å². The molecule has 0 radical (unpaired) electrons. The van der Waals surface area contributed by atoms with Gasteiger partial charge in [-0.15, -0.1) is 0 Å². The van der Waals surface area contributed by atoms with E-state index in [1.54, 1.807) is 17.9 Å². The first-order chi connectivity index (χ1) is 14.0. The number of hydrogen-bond acceptors (Lipinski definition) is 5. The second kappa shape index (κ2) is 10.7. The van der Waals surface area contributed by atoms with Crippen molar-refractivity contribution < 1.29 is 23.9 Å². The number of rotatable bonds is 3. The van der Waals surface area contributed by atoms with Gasteiger partial charge in [-0.1, -0.05) is 6.07 Å². The molecule has 1 fully saturated rings. The monoisotopic (exact) mass is 595 g/mol. The fourth-order valence-corrected chi connectivity index (χ4v) is 4.66. The quantitative estimate of drug-likeness (QED) is 0.409. The van der Waals surface area contributed by atoms with Crippen LogP contribution in [0.2, 0.25) is 0 Å². The zero-order valence-electron chi connectivity index (χ0n) is 17.5. The second-order valence-electron chi connectivity index (χ2n) is 7.80. The van der Waals surface area contributed by atoms with E-state index < -0.39 is 11.7 Å². The first-order valence-electron chi connectivity index (χ1n) is 9.72. The van der Waals surface area contributed by atoms with E-state index in [2.05, 4.69) is 43.9 Å². The lowest BCUT2D eigenvalue weighted by Crippen LogP contribution is -2.56. The minimum absolute atomic E-state index is 0.192. The van der Waals surface area contributed by atoms with E-state index in [0.29, 0.717) is 36.0 Å². The largest absolute Gasteiger partial charge is 0.449 e. The van der Waals surface area contributed by atoms with Gasteiger partial charge < -0.3 is 14.4 Å². The highest BCUT2D eigenvalue weighted by Gasteiger charge is 2.34. The Bertz CT molecular complexity index is 771. The summed E-state index contributed by atoms with van der Waals surface area (Å²) in [5.74, 6) is -0.337. The van der Waals surface area contributed by atoms with Gasteiger partial charge in [-0.25, -0.2) is 20.0 Å². The van der Waals surface area contributed by atoms with Crippen LogP contribution in [-0.4, -0.2) is 59.3 Å². The molecular weight excluding hydrogens is 569 g/mol. The zero-order chi connectivity index (χ0) is 22.5. The van der Waals surface area contributed by atoms with Crippen molar-refractivity contribution in [1.29, 1.82) is 0 Å². The highest BCUT2D eigenvalue weighted by molar-refractivity contribution is 14.1. The van der Waals surface area contributed by atoms with Gasteiger partial charge in [-0.05, 0) is 91.2 Å². The van der Waals surface area contributed by atoms with Crippen LogP contribution in [0.15, 0.2) is 22.7 Å². The van der Waals surface area contributed by atoms with E-state index in [0.717, 1.165) is 3.57 Å². The summed E-state index contributed by atoms with van der Waals surface area (Å²) in [6.45, 7) is 8.18. The van der Waals surface area contributed by atoms with Crippen LogP contribution < -0.4 is 5.43 Å². The Morgan fingerprint density at radius 2 is 1.90 bits per heavy atom. The molecule has 0 spiro atoms. The molecule has 1 aromatic carbocycles. The van der Waals surface area contributed by atoms with E-state index in [9.17, 15) is 14.4 Å². The van der Waals surface area contributed by atoms with Crippen molar-refractivity contribution >= 4 is 56.6 Å². The van der Waals surface area contributed by atoms with Gasteiger partial charge in [0.25, 0.3) is 5.91 Å². The van der Waals surface area contributed by atoms with Gasteiger partial charge in [0.2, 0.25) is 0 Å². The van der Waals surface area contributed by atoms with Gasteiger partial charge >= 0.3 is 12.2 Å². The molecule has 0 saturated carbocycles. The van der Waals surface area contributed by atoms with E-state index >= 15 is 0 Å². The number of benzene rings is 1. The van der Waals surface area contributed by atoms with Crippen molar-refractivity contribution in [2.45, 2.75) is 52.2 Å². The number of nitrogens with one attached hydrogen (secondary N) is 1. The number of hydrazine groups is 1. The number of carbonyl (C=O) groups excluding carboxylic acids is 3. The molecular formula is C20H27BrIN3O5. The van der Waals surface area contributed by atoms with Crippen LogP contribution >= 0.6 is 38.5 Å². The van der Waals surface area contributed by atoms with Crippen LogP contribution in [0.4, 0.5) is 9.59 Å². The minimum Gasteiger partial charge on any atom is -0.449 e. The third-order valence-electron chi connectivity index (χ3n) is 4.36. The van der Waals surface area contributed by atoms with Crippen LogP contribution in [0.25, 0.3) is 0 Å². The van der Waals surface area contributed by atoms with E-state index in [1.165, 1.54) is 5.01 Å². The molecule has 1 heterocycles. The van der Waals surface area contributed by atoms with Crippen LogP contribution in [0, 0.1) is 3.57 Å². The van der Waals surface area contributed by atoms with Crippen LogP contribution in [0.5, 0.6) is 0 Å². The fourth-order valence-electron chi connectivity index (χ4n) is 3.03. The molecule has 30 heavy (non-hydrogen) atoms. The highest BCUT2D eigenvalue weighted by atomic mass is 127. The molecule has 1 aliphatic heterocycles. The van der Waals surface area contributed by atoms with Gasteiger partial charge in [0.05, 0.1) is 18.2 Å². The molecule has 0 unspecified atom stereocenters. The normalized spacial score (nSPS) is 14.8. The standard InChI is InChI=1S/C20H27BrIN3O5/c1-5-29-18(27)23-25(17(26)16-14(21)7-6-8-15(16)22)13-9-11-24(12-10-13)19(28)30-20(2,3)4/h6-8,13H,5,9-12H2,1-4H3,(H,23,27). The number of piperidine rings is 1. The SMILES string of the molecule is CCOC(=O)NN(C(=O)c1c(Br)cccc1I)C1CCN(C(=O)OC(C)(C)C)CC1. The number of likely N-dealkylation sites (tertiary alicyclic amines) is 1. The molecule has 0 aromatic heterocycles. The molecule has 0 atom stereocenters. The Balaban J connectivity index is 2.17. The summed E-state index contributed by atoms with van der Waals surface area (Å²) in [5.41, 5.74) is 2.48. The number of hydrogen-bond donors (Lipinski definition) is 1. The topological polar surface area (TPSA) is 88.2 Å². The van der Waals surface area contributed by atoms with Crippen LogP contribution in [0.1, 0.15) is 50.9 Å². The molecule has 2 rings (SSSR count). The Hall–Kier alpha value is -1.56. The van der Waals surface area contributed by atoms with E-state index in [1.807, 2.05) is 32.9 Å². The highest BCUT2D eigenvalue weighted by Crippen LogP contribution is 2.26. The number of amides is 3. The van der Waals surface area contributed by atoms with Crippen molar-refractivity contribution in [1.82, 2.24) is 15.3 Å². The second-order valence-corrected chi connectivity index (χ2v) is 9.82. The van der Waals surface area contributed by atoms with Gasteiger partial charge in [0.15, 0.2) is 0 Å². The molecule has 0 bridgehead atoms. The molecule has 8 nitrogen and oxygen atoms in total. The Kier molecular flexibility index (Phi) is 8.77. The Morgan fingerprint density at radius 1 is 1.27 bits per heavy atom. The maximum absolute atomic E-state index is 13.3. The fraction of sp³-hybridized carbons (Fsp3) is 0.550. The smallest absolute Gasteiger partial charge is 0.426 e. The first kappa shape index (κ1) is 24.7. The summed E-state index contributed by atoms with van der Waals surface area (Å²) in [6.07, 6.45) is -0.0726. The Morgan fingerprint density at radius 3 is 2.43 bits per heavy atom. The summed E-state index contributed by atoms with van der Waals surface area (Å²) in [7, 11) is 0. The molecule has 0 aliphatic carbocycles. The van der Waals surface area contributed by atoms with Crippen LogP contribution in [-0.2, 0) is 9.47 Å². The average molecular weight is 596 g/mol. The molecule has 1 aromatic rings. The summed E-state index contributed by atoms with van der Waals surface area (Å²) in [6, 6.07) is 5.16. The summed E-state index contributed by atoms with van der Waals surface area (Å²) >= 11 is 5.52. The maximum atomic E-state index is 13.3. The summed E-state index contributed by atoms with van der Waals surface area (Å²) in [4.78, 5) is 39.4. The van der Waals surface area contributed by atoms with Crippen molar-refractivity contribution in [3.8, 4) is 0 Å². The van der Waals surface area contributed by atoms with Crippen LogP contribution in [0.3, 0.4) is 0 Å². The lowest BCUT2D eigenvalue weighted by molar-refractivity contribution is 0.00967. The molecule has 1 aliphatic rings. The van der Waals surface area contributed by atoms with Crippen molar-refractivity contribution in [3.63, 3.8) is 0 Å². The molecule has 166 valence electrons. The summed E-state index contributed by atoms with van der Waals surface area (Å²) < 4.78 is 11.8. The predicted octanol–water partition coefficient (Wildman–Crippen LogP) is 4.56. The van der Waals surface area contributed by atoms with E-state index in [-0.39, 0.29) is 24.6 Å². The molecule has 10 heteroatoms. The van der Waals surface area contributed by atoms with Gasteiger partial charge in [-0.3, -0.25) is 4.79 Å². The molecule has 3 amide bonds. The van der Waals surface area contributed by atoms with E-state index in [4.69, 9.17) is 9.47 Å². The minimum atomic E-state index is -0.692. The molecule has 1 saturated heterocycles. The Labute approximate surface area is 198 Å². The lowest BCUT2D eigenvalue weighted by Gasteiger charge is -2.38. The third kappa shape index (κ3) is 6.73. The van der Waals surface area contributed by atoms with Crippen molar-refractivity contribution in [3.05, 3.63) is 31.8 Å². The number of halogens is 2. The van der Waals surface area contributed by atoms with Gasteiger partial charge in [0, 0.05) is 21.1 Å². The maximum Gasteiger partial charge on any atom is 0.426 e. The number of carbonyl (C=O) groups is 3. The van der Waals surface area contributed by atoms with Crippen molar-refractivity contribution in [2.75, 3.05) is 19.7 Å². The summed E-state index contributed by atoms with van der Waals surface area (Å²) in [5, 5.41) is 1.33. The molecule has 1 N–H and O–H groups in total. The number of ether oxygens (including phenoxy) is 2. The zero-order valence-corrected chi connectivity index (χ0v) is 21.3. The average Bonchev–Trinajstić information content (AvgIpc) is 2.65. The number of nitrogens with zero attached hydrogens (tertiary/aromatic N) is 2. The van der Waals surface area contributed by atoms with Gasteiger partial charge in [-0.2, -0.15) is 0 Å². The third-order valence-corrected chi connectivity index (χ3v) is 5.92. The predicted molar refractivity (Wildman–Crippen MR) is 124 cm³/mol. The first-order valence-corrected chi connectivity index (χ1v) is 11.6. The van der Waals surface area contributed by atoms with Gasteiger partial charge in [0.1, 0.15) is 5.60 Å².